The van der Waals surface area contributed by atoms with Gasteiger partial charge in [-0.15, -0.1) is 0 Å². The van der Waals surface area contributed by atoms with Gasteiger partial charge in [0.1, 0.15) is 5.82 Å². The van der Waals surface area contributed by atoms with E-state index in [0.29, 0.717) is 6.42 Å². The molecule has 0 radical (unpaired) electrons. The van der Waals surface area contributed by atoms with E-state index in [1.807, 2.05) is 18.2 Å². The van der Waals surface area contributed by atoms with Crippen LogP contribution in [0.1, 0.15) is 39.1 Å². The first-order valence-electron chi connectivity index (χ1n) is 6.87. The number of nitrogens with two attached hydrogens (primary N) is 1. The van der Waals surface area contributed by atoms with Gasteiger partial charge in [0.05, 0.1) is 16.6 Å². The Balaban J connectivity index is 2.43. The first-order valence-corrected chi connectivity index (χ1v) is 6.87. The zero-order chi connectivity index (χ0) is 14.0. The lowest BCUT2D eigenvalue weighted by Crippen LogP contribution is -2.36. The fourth-order valence-electron chi connectivity index (χ4n) is 2.65. The largest absolute Gasteiger partial charge is 0.389 e. The highest BCUT2D eigenvalue weighted by Crippen LogP contribution is 2.27. The van der Waals surface area contributed by atoms with Gasteiger partial charge in [-0.1, -0.05) is 19.1 Å². The van der Waals surface area contributed by atoms with Crippen LogP contribution in [0.3, 0.4) is 0 Å². The van der Waals surface area contributed by atoms with Crippen molar-refractivity contribution >= 4 is 11.0 Å². The van der Waals surface area contributed by atoms with E-state index in [4.69, 9.17) is 5.73 Å². The van der Waals surface area contributed by atoms with Crippen molar-refractivity contribution in [1.82, 2.24) is 9.55 Å². The Morgan fingerprint density at radius 1 is 1.42 bits per heavy atom. The zero-order valence-corrected chi connectivity index (χ0v) is 11.9. The summed E-state index contributed by atoms with van der Waals surface area (Å²) in [6, 6.07) is 8.29. The highest BCUT2D eigenvalue weighted by molar-refractivity contribution is 5.76. The zero-order valence-electron chi connectivity index (χ0n) is 11.9. The van der Waals surface area contributed by atoms with E-state index in [9.17, 15) is 5.11 Å². The molecule has 4 heteroatoms. The summed E-state index contributed by atoms with van der Waals surface area (Å²) in [5.41, 5.74) is 6.92. The quantitative estimate of drug-likeness (QED) is 0.867. The van der Waals surface area contributed by atoms with E-state index in [0.717, 1.165) is 23.3 Å². The highest BCUT2D eigenvalue weighted by atomic mass is 16.3. The van der Waals surface area contributed by atoms with Crippen molar-refractivity contribution < 1.29 is 5.11 Å². The van der Waals surface area contributed by atoms with E-state index < -0.39 is 5.60 Å². The van der Waals surface area contributed by atoms with Crippen molar-refractivity contribution in [2.45, 2.75) is 45.3 Å². The molecule has 0 aliphatic carbocycles. The first kappa shape index (κ1) is 14.0. The van der Waals surface area contributed by atoms with Gasteiger partial charge in [-0.05, 0) is 32.4 Å². The molecule has 2 unspecified atom stereocenters. The number of rotatable bonds is 5. The summed E-state index contributed by atoms with van der Waals surface area (Å²) in [6.07, 6.45) is 1.50. The monoisotopic (exact) mass is 261 g/mol. The molecule has 3 N–H and O–H groups in total. The number of aromatic nitrogens is 2. The van der Waals surface area contributed by atoms with Crippen LogP contribution in [0.15, 0.2) is 24.3 Å². The molecule has 0 fully saturated rings. The van der Waals surface area contributed by atoms with Gasteiger partial charge in [0, 0.05) is 19.0 Å². The molecule has 0 bridgehead atoms. The van der Waals surface area contributed by atoms with Gasteiger partial charge in [-0.3, -0.25) is 0 Å². The fourth-order valence-corrected chi connectivity index (χ4v) is 2.65. The minimum absolute atomic E-state index is 0.167. The Morgan fingerprint density at radius 3 is 2.74 bits per heavy atom. The molecule has 0 saturated carbocycles. The van der Waals surface area contributed by atoms with Crippen LogP contribution in [0, 0.1) is 0 Å². The Morgan fingerprint density at radius 2 is 2.11 bits per heavy atom. The van der Waals surface area contributed by atoms with Crippen LogP contribution in [0.5, 0.6) is 0 Å². The molecule has 0 spiro atoms. The average molecular weight is 261 g/mol. The van der Waals surface area contributed by atoms with Gasteiger partial charge in [-0.25, -0.2) is 4.98 Å². The SMILES string of the molecule is CCc1nc2ccccc2n1C(C)CC(C)(O)CN. The minimum Gasteiger partial charge on any atom is -0.389 e. The molecule has 2 rings (SSSR count). The summed E-state index contributed by atoms with van der Waals surface area (Å²) >= 11 is 0. The summed E-state index contributed by atoms with van der Waals surface area (Å²) in [7, 11) is 0. The second kappa shape index (κ2) is 5.31. The number of aryl methyl sites for hydroxylation is 1. The second-order valence-electron chi connectivity index (χ2n) is 5.49. The molecular formula is C15H23N3O. The lowest BCUT2D eigenvalue weighted by molar-refractivity contribution is 0.0467. The third-order valence-corrected chi connectivity index (χ3v) is 3.60. The molecule has 19 heavy (non-hydrogen) atoms. The number of fused-ring (bicyclic) bond motifs is 1. The summed E-state index contributed by atoms with van der Waals surface area (Å²) < 4.78 is 2.22. The minimum atomic E-state index is -0.837. The van der Waals surface area contributed by atoms with Gasteiger partial charge in [0.25, 0.3) is 0 Å². The average Bonchev–Trinajstić information content (AvgIpc) is 2.76. The van der Waals surface area contributed by atoms with Crippen LogP contribution in [0.4, 0.5) is 0 Å². The first-order chi connectivity index (χ1) is 8.98. The molecular weight excluding hydrogens is 238 g/mol. The standard InChI is InChI=1S/C15H23N3O/c1-4-14-17-12-7-5-6-8-13(12)18(14)11(2)9-15(3,19)10-16/h5-8,11,19H,4,9-10,16H2,1-3H3. The summed E-state index contributed by atoms with van der Waals surface area (Å²) in [5.74, 6) is 1.06. The van der Waals surface area contributed by atoms with Gasteiger partial charge in [0.2, 0.25) is 0 Å². The van der Waals surface area contributed by atoms with Gasteiger partial charge >= 0.3 is 0 Å². The van der Waals surface area contributed by atoms with Crippen LogP contribution in [-0.4, -0.2) is 26.8 Å². The number of hydrogen-bond acceptors (Lipinski definition) is 3. The molecule has 4 nitrogen and oxygen atoms in total. The van der Waals surface area contributed by atoms with E-state index in [2.05, 4.69) is 29.5 Å². The molecule has 1 aromatic carbocycles. The van der Waals surface area contributed by atoms with Crippen molar-refractivity contribution in [2.24, 2.45) is 5.73 Å². The lowest BCUT2D eigenvalue weighted by Gasteiger charge is -2.27. The molecule has 2 aromatic rings. The molecule has 0 aliphatic rings. The maximum absolute atomic E-state index is 10.2. The van der Waals surface area contributed by atoms with Crippen molar-refractivity contribution in [3.63, 3.8) is 0 Å². The third kappa shape index (κ3) is 2.80. The Bertz CT molecular complexity index is 560. The van der Waals surface area contributed by atoms with Gasteiger partial charge in [0.15, 0.2) is 0 Å². The normalized spacial score (nSPS) is 16.5. The third-order valence-electron chi connectivity index (χ3n) is 3.60. The lowest BCUT2D eigenvalue weighted by atomic mass is 9.97. The number of imidazole rings is 1. The number of para-hydroxylation sites is 2. The van der Waals surface area contributed by atoms with Crippen LogP contribution >= 0.6 is 0 Å². The molecule has 104 valence electrons. The van der Waals surface area contributed by atoms with Crippen LogP contribution in [0.25, 0.3) is 11.0 Å². The summed E-state index contributed by atoms with van der Waals surface area (Å²) in [5, 5.41) is 10.2. The number of nitrogens with zero attached hydrogens (tertiary/aromatic N) is 2. The van der Waals surface area contributed by atoms with Crippen LogP contribution in [-0.2, 0) is 6.42 Å². The highest BCUT2D eigenvalue weighted by Gasteiger charge is 2.24. The van der Waals surface area contributed by atoms with Gasteiger partial charge in [-0.2, -0.15) is 0 Å². The summed E-state index contributed by atoms with van der Waals surface area (Å²) in [4.78, 5) is 4.66. The number of hydrogen-bond donors (Lipinski definition) is 2. The van der Waals surface area contributed by atoms with E-state index in [1.54, 1.807) is 6.92 Å². The van der Waals surface area contributed by atoms with E-state index >= 15 is 0 Å². The Kier molecular flexibility index (Phi) is 3.92. The fraction of sp³-hybridized carbons (Fsp3) is 0.533. The van der Waals surface area contributed by atoms with E-state index in [1.165, 1.54) is 0 Å². The number of aliphatic hydroxyl groups is 1. The predicted molar refractivity (Wildman–Crippen MR) is 78.1 cm³/mol. The predicted octanol–water partition coefficient (Wildman–Crippen LogP) is 2.26. The van der Waals surface area contributed by atoms with Crippen molar-refractivity contribution in [2.75, 3.05) is 6.54 Å². The smallest absolute Gasteiger partial charge is 0.109 e. The van der Waals surface area contributed by atoms with Crippen molar-refractivity contribution in [1.29, 1.82) is 0 Å². The van der Waals surface area contributed by atoms with Crippen LogP contribution in [0.2, 0.25) is 0 Å². The Labute approximate surface area is 114 Å². The molecule has 1 heterocycles. The maximum Gasteiger partial charge on any atom is 0.109 e. The van der Waals surface area contributed by atoms with Crippen molar-refractivity contribution in [3.05, 3.63) is 30.1 Å². The maximum atomic E-state index is 10.2. The summed E-state index contributed by atoms with van der Waals surface area (Å²) in [6.45, 7) is 6.27. The van der Waals surface area contributed by atoms with Crippen LogP contribution < -0.4 is 5.73 Å². The molecule has 0 amide bonds. The van der Waals surface area contributed by atoms with Crippen molar-refractivity contribution in [3.8, 4) is 0 Å². The van der Waals surface area contributed by atoms with E-state index in [-0.39, 0.29) is 12.6 Å². The number of benzene rings is 1. The van der Waals surface area contributed by atoms with Gasteiger partial charge < -0.3 is 15.4 Å². The second-order valence-corrected chi connectivity index (χ2v) is 5.49. The topological polar surface area (TPSA) is 64.1 Å². The molecule has 1 aromatic heterocycles. The molecule has 0 aliphatic heterocycles. The molecule has 0 saturated heterocycles. The molecule has 2 atom stereocenters. The Hall–Kier alpha value is -1.39.